The van der Waals surface area contributed by atoms with E-state index in [1.807, 2.05) is 6.07 Å². The highest BCUT2D eigenvalue weighted by Crippen LogP contribution is 2.34. The van der Waals surface area contributed by atoms with Crippen molar-refractivity contribution in [2.45, 2.75) is 39.2 Å². The van der Waals surface area contributed by atoms with E-state index in [4.69, 9.17) is 5.11 Å². The minimum absolute atomic E-state index is 0.425. The summed E-state index contributed by atoms with van der Waals surface area (Å²) in [5, 5.41) is 9.02. The van der Waals surface area contributed by atoms with Gasteiger partial charge in [0.15, 0.2) is 0 Å². The molecule has 0 spiro atoms. The van der Waals surface area contributed by atoms with Gasteiger partial charge < -0.3 is 10.0 Å². The van der Waals surface area contributed by atoms with Crippen LogP contribution in [0.25, 0.3) is 0 Å². The number of hydrogen-bond acceptors (Lipinski definition) is 2. The van der Waals surface area contributed by atoms with Crippen molar-refractivity contribution in [2.24, 2.45) is 0 Å². The van der Waals surface area contributed by atoms with Crippen LogP contribution in [0.5, 0.6) is 0 Å². The zero-order valence-electron chi connectivity index (χ0n) is 10.6. The van der Waals surface area contributed by atoms with Gasteiger partial charge in [-0.05, 0) is 44.4 Å². The lowest BCUT2D eigenvalue weighted by Crippen LogP contribution is -2.28. The molecule has 3 heteroatoms. The maximum absolute atomic E-state index is 11.0. The molecule has 1 aliphatic rings. The summed E-state index contributed by atoms with van der Waals surface area (Å²) in [5.74, 6) is -1.19. The van der Waals surface area contributed by atoms with E-state index in [-0.39, 0.29) is 0 Å². The number of aliphatic carboxylic acids is 1. The van der Waals surface area contributed by atoms with Crippen LogP contribution in [0.1, 0.15) is 37.8 Å². The fourth-order valence-electron chi connectivity index (χ4n) is 2.61. The number of hydrogen-bond donors (Lipinski definition) is 1. The predicted octanol–water partition coefficient (Wildman–Crippen LogP) is 2.65. The Morgan fingerprint density at radius 3 is 2.88 bits per heavy atom. The van der Waals surface area contributed by atoms with Crippen LogP contribution in [0.3, 0.4) is 0 Å². The van der Waals surface area contributed by atoms with Crippen LogP contribution in [0.2, 0.25) is 0 Å². The molecule has 0 fully saturated rings. The average molecular weight is 233 g/mol. The molecule has 2 atom stereocenters. The van der Waals surface area contributed by atoms with Gasteiger partial charge in [-0.25, -0.2) is 0 Å². The molecule has 0 radical (unpaired) electrons. The second-order valence-electron chi connectivity index (χ2n) is 4.79. The van der Waals surface area contributed by atoms with Crippen LogP contribution in [-0.4, -0.2) is 23.7 Å². The Morgan fingerprint density at radius 2 is 2.29 bits per heavy atom. The minimum atomic E-state index is -0.761. The van der Waals surface area contributed by atoms with Crippen molar-refractivity contribution in [1.82, 2.24) is 0 Å². The summed E-state index contributed by atoms with van der Waals surface area (Å²) in [6.45, 7) is 7.10. The first kappa shape index (κ1) is 12.0. The highest BCUT2D eigenvalue weighted by molar-refractivity contribution is 5.76. The molecule has 92 valence electrons. The predicted molar refractivity (Wildman–Crippen MR) is 68.7 cm³/mol. The molecule has 0 bridgehead atoms. The van der Waals surface area contributed by atoms with Crippen molar-refractivity contribution >= 4 is 11.7 Å². The number of nitrogens with zero attached hydrogens (tertiary/aromatic N) is 1. The van der Waals surface area contributed by atoms with E-state index >= 15 is 0 Å². The first-order valence-electron chi connectivity index (χ1n) is 6.16. The fourth-order valence-corrected chi connectivity index (χ4v) is 2.61. The molecule has 0 aromatic heterocycles. The van der Waals surface area contributed by atoms with Crippen molar-refractivity contribution in [3.8, 4) is 0 Å². The monoisotopic (exact) mass is 233 g/mol. The SMILES string of the molecule is CCN1c2ccc(C(C)C(=O)O)cc2CC1C. The Kier molecular flexibility index (Phi) is 3.09. The lowest BCUT2D eigenvalue weighted by molar-refractivity contribution is -0.138. The first-order chi connectivity index (χ1) is 8.04. The Morgan fingerprint density at radius 1 is 1.59 bits per heavy atom. The summed E-state index contributed by atoms with van der Waals surface area (Å²) in [4.78, 5) is 13.3. The Labute approximate surface area is 102 Å². The molecule has 1 aromatic carbocycles. The smallest absolute Gasteiger partial charge is 0.310 e. The molecular formula is C14H19NO2. The van der Waals surface area contributed by atoms with Gasteiger partial charge in [0.05, 0.1) is 5.92 Å². The van der Waals surface area contributed by atoms with E-state index in [1.54, 1.807) is 6.92 Å². The molecule has 17 heavy (non-hydrogen) atoms. The highest BCUT2D eigenvalue weighted by atomic mass is 16.4. The van der Waals surface area contributed by atoms with Gasteiger partial charge in [-0.1, -0.05) is 12.1 Å². The maximum atomic E-state index is 11.0. The molecule has 2 unspecified atom stereocenters. The number of anilines is 1. The minimum Gasteiger partial charge on any atom is -0.481 e. The van der Waals surface area contributed by atoms with Gasteiger partial charge in [-0.3, -0.25) is 4.79 Å². The lowest BCUT2D eigenvalue weighted by atomic mass is 9.98. The van der Waals surface area contributed by atoms with Gasteiger partial charge in [0, 0.05) is 18.3 Å². The molecule has 0 aliphatic carbocycles. The van der Waals surface area contributed by atoms with E-state index in [2.05, 4.69) is 30.9 Å². The molecule has 0 saturated heterocycles. The van der Waals surface area contributed by atoms with E-state index in [9.17, 15) is 4.79 Å². The number of carboxylic acid groups (broad SMARTS) is 1. The summed E-state index contributed by atoms with van der Waals surface area (Å²) in [7, 11) is 0. The summed E-state index contributed by atoms with van der Waals surface area (Å²) in [5.41, 5.74) is 3.45. The van der Waals surface area contributed by atoms with E-state index in [1.165, 1.54) is 11.3 Å². The van der Waals surface area contributed by atoms with Crippen molar-refractivity contribution in [3.63, 3.8) is 0 Å². The zero-order chi connectivity index (χ0) is 12.6. The number of carbonyl (C=O) groups is 1. The number of likely N-dealkylation sites (N-methyl/N-ethyl adjacent to an activating group) is 1. The van der Waals surface area contributed by atoms with Gasteiger partial charge in [-0.2, -0.15) is 0 Å². The largest absolute Gasteiger partial charge is 0.481 e. The molecule has 0 saturated carbocycles. The lowest BCUT2D eigenvalue weighted by Gasteiger charge is -2.22. The van der Waals surface area contributed by atoms with E-state index in [0.717, 1.165) is 18.5 Å². The van der Waals surface area contributed by atoms with Crippen molar-refractivity contribution in [3.05, 3.63) is 29.3 Å². The Bertz CT molecular complexity index is 442. The molecule has 1 aliphatic heterocycles. The molecule has 1 N–H and O–H groups in total. The number of carboxylic acids is 1. The summed E-state index contributed by atoms with van der Waals surface area (Å²) in [6.07, 6.45) is 1.02. The third-order valence-electron chi connectivity index (χ3n) is 3.67. The quantitative estimate of drug-likeness (QED) is 0.872. The van der Waals surface area contributed by atoms with E-state index in [0.29, 0.717) is 6.04 Å². The fraction of sp³-hybridized carbons (Fsp3) is 0.500. The van der Waals surface area contributed by atoms with E-state index < -0.39 is 11.9 Å². The molecule has 3 nitrogen and oxygen atoms in total. The number of rotatable bonds is 3. The topological polar surface area (TPSA) is 40.5 Å². The summed E-state index contributed by atoms with van der Waals surface area (Å²) >= 11 is 0. The van der Waals surface area contributed by atoms with Crippen LogP contribution < -0.4 is 4.90 Å². The van der Waals surface area contributed by atoms with Crippen LogP contribution >= 0.6 is 0 Å². The third-order valence-corrected chi connectivity index (χ3v) is 3.67. The number of fused-ring (bicyclic) bond motifs is 1. The second-order valence-corrected chi connectivity index (χ2v) is 4.79. The van der Waals surface area contributed by atoms with Gasteiger partial charge in [-0.15, -0.1) is 0 Å². The summed E-state index contributed by atoms with van der Waals surface area (Å²) < 4.78 is 0. The first-order valence-corrected chi connectivity index (χ1v) is 6.16. The van der Waals surface area contributed by atoms with Gasteiger partial charge in [0.2, 0.25) is 0 Å². The number of benzene rings is 1. The second kappa shape index (κ2) is 4.40. The van der Waals surface area contributed by atoms with Crippen LogP contribution in [-0.2, 0) is 11.2 Å². The molecular weight excluding hydrogens is 214 g/mol. The normalized spacial score (nSPS) is 20.2. The van der Waals surface area contributed by atoms with Gasteiger partial charge >= 0.3 is 5.97 Å². The Hall–Kier alpha value is -1.51. The van der Waals surface area contributed by atoms with Gasteiger partial charge in [0.1, 0.15) is 0 Å². The Balaban J connectivity index is 2.34. The summed E-state index contributed by atoms with van der Waals surface area (Å²) in [6, 6.07) is 6.58. The third kappa shape index (κ3) is 2.02. The van der Waals surface area contributed by atoms with Crippen LogP contribution in [0, 0.1) is 0 Å². The molecule has 0 amide bonds. The standard InChI is InChI=1S/C14H19NO2/c1-4-15-9(2)7-12-8-11(5-6-13(12)15)10(3)14(16)17/h5-6,8-10H,4,7H2,1-3H3,(H,16,17). The maximum Gasteiger partial charge on any atom is 0.310 e. The molecule has 1 heterocycles. The molecule has 1 aromatic rings. The van der Waals surface area contributed by atoms with Crippen LogP contribution in [0.4, 0.5) is 5.69 Å². The van der Waals surface area contributed by atoms with Crippen molar-refractivity contribution in [1.29, 1.82) is 0 Å². The average Bonchev–Trinajstić information content (AvgIpc) is 2.61. The van der Waals surface area contributed by atoms with Crippen molar-refractivity contribution < 1.29 is 9.90 Å². The van der Waals surface area contributed by atoms with Gasteiger partial charge in [0.25, 0.3) is 0 Å². The van der Waals surface area contributed by atoms with Crippen LogP contribution in [0.15, 0.2) is 18.2 Å². The molecule has 2 rings (SSSR count). The van der Waals surface area contributed by atoms with Crippen molar-refractivity contribution in [2.75, 3.05) is 11.4 Å². The highest BCUT2D eigenvalue weighted by Gasteiger charge is 2.25. The zero-order valence-corrected chi connectivity index (χ0v) is 10.6.